The molecule has 0 aliphatic rings. The maximum absolute atomic E-state index is 12.0. The lowest BCUT2D eigenvalue weighted by Crippen LogP contribution is -2.13. The van der Waals surface area contributed by atoms with Crippen LogP contribution in [0.4, 0.5) is 5.69 Å². The van der Waals surface area contributed by atoms with Crippen LogP contribution in [0.3, 0.4) is 0 Å². The number of hydrogen-bond donors (Lipinski definition) is 1. The molecule has 100 valence electrons. The number of halogens is 1. The number of anilines is 1. The van der Waals surface area contributed by atoms with Crippen LogP contribution in [0.1, 0.15) is 21.8 Å². The van der Waals surface area contributed by atoms with Gasteiger partial charge in [0.15, 0.2) is 11.5 Å². The molecule has 0 unspecified atom stereocenters. The lowest BCUT2D eigenvalue weighted by atomic mass is 10.2. The van der Waals surface area contributed by atoms with Gasteiger partial charge in [0.2, 0.25) is 0 Å². The second-order valence-corrected chi connectivity index (χ2v) is 4.94. The van der Waals surface area contributed by atoms with Crippen molar-refractivity contribution in [2.75, 3.05) is 12.4 Å². The molecule has 1 amide bonds. The van der Waals surface area contributed by atoms with E-state index in [1.807, 2.05) is 25.1 Å². The van der Waals surface area contributed by atoms with Crippen molar-refractivity contribution in [3.63, 3.8) is 0 Å². The van der Waals surface area contributed by atoms with E-state index in [0.717, 1.165) is 15.7 Å². The monoisotopic (exact) mass is 324 g/mol. The summed E-state index contributed by atoms with van der Waals surface area (Å²) >= 11 is 3.37. The SMILES string of the molecule is COCc1cc(C(=O)Nc2cc(Br)ccc2C)no1. The van der Waals surface area contributed by atoms with Gasteiger partial charge in [-0.2, -0.15) is 0 Å². The smallest absolute Gasteiger partial charge is 0.277 e. The number of carbonyl (C=O) groups is 1. The van der Waals surface area contributed by atoms with Gasteiger partial charge < -0.3 is 14.6 Å². The van der Waals surface area contributed by atoms with Gasteiger partial charge in [-0.25, -0.2) is 0 Å². The number of aromatic nitrogens is 1. The topological polar surface area (TPSA) is 64.4 Å². The van der Waals surface area contributed by atoms with Crippen molar-refractivity contribution < 1.29 is 14.1 Å². The highest BCUT2D eigenvalue weighted by atomic mass is 79.9. The average Bonchev–Trinajstić information content (AvgIpc) is 2.83. The number of nitrogens with one attached hydrogen (secondary N) is 1. The zero-order valence-corrected chi connectivity index (χ0v) is 12.2. The molecule has 2 aromatic rings. The first kappa shape index (κ1) is 13.8. The van der Waals surface area contributed by atoms with Crippen LogP contribution < -0.4 is 5.32 Å². The van der Waals surface area contributed by atoms with E-state index in [2.05, 4.69) is 26.4 Å². The molecule has 0 spiro atoms. The van der Waals surface area contributed by atoms with Crippen LogP contribution in [-0.4, -0.2) is 18.2 Å². The summed E-state index contributed by atoms with van der Waals surface area (Å²) < 4.78 is 10.8. The zero-order valence-electron chi connectivity index (χ0n) is 10.6. The molecule has 0 fully saturated rings. The van der Waals surface area contributed by atoms with Crippen molar-refractivity contribution in [3.8, 4) is 0 Å². The van der Waals surface area contributed by atoms with E-state index >= 15 is 0 Å². The molecule has 19 heavy (non-hydrogen) atoms. The van der Waals surface area contributed by atoms with E-state index in [1.165, 1.54) is 0 Å². The van der Waals surface area contributed by atoms with E-state index in [9.17, 15) is 4.79 Å². The Labute approximate surface area is 119 Å². The largest absolute Gasteiger partial charge is 0.377 e. The Balaban J connectivity index is 2.13. The first-order chi connectivity index (χ1) is 9.10. The standard InChI is InChI=1S/C13H13BrN2O3/c1-8-3-4-9(14)5-11(8)15-13(17)12-6-10(7-18-2)19-16-12/h3-6H,7H2,1-2H3,(H,15,17). The molecule has 1 N–H and O–H groups in total. The fourth-order valence-electron chi connectivity index (χ4n) is 1.55. The number of rotatable bonds is 4. The molecule has 1 heterocycles. The van der Waals surface area contributed by atoms with Gasteiger partial charge in [0.1, 0.15) is 6.61 Å². The molecule has 0 saturated heterocycles. The van der Waals surface area contributed by atoms with Crippen molar-refractivity contribution in [3.05, 3.63) is 45.8 Å². The summed E-state index contributed by atoms with van der Waals surface area (Å²) in [6.07, 6.45) is 0. The van der Waals surface area contributed by atoms with Crippen LogP contribution in [0.15, 0.2) is 33.3 Å². The molecule has 1 aromatic heterocycles. The van der Waals surface area contributed by atoms with E-state index < -0.39 is 0 Å². The number of hydrogen-bond acceptors (Lipinski definition) is 4. The van der Waals surface area contributed by atoms with Gasteiger partial charge in [0.25, 0.3) is 5.91 Å². The molecule has 0 bridgehead atoms. The van der Waals surface area contributed by atoms with Gasteiger partial charge in [0, 0.05) is 23.3 Å². The fraction of sp³-hybridized carbons (Fsp3) is 0.231. The molecule has 5 nitrogen and oxygen atoms in total. The van der Waals surface area contributed by atoms with Crippen LogP contribution in [0.2, 0.25) is 0 Å². The molecule has 0 aliphatic heterocycles. The van der Waals surface area contributed by atoms with E-state index in [0.29, 0.717) is 5.76 Å². The molecule has 0 atom stereocenters. The van der Waals surface area contributed by atoms with Crippen molar-refractivity contribution >= 4 is 27.5 Å². The number of methoxy groups -OCH3 is 1. The Bertz CT molecular complexity index is 595. The molecular weight excluding hydrogens is 312 g/mol. The molecule has 0 aliphatic carbocycles. The predicted octanol–water partition coefficient (Wildman–Crippen LogP) is 3.14. The Morgan fingerprint density at radius 3 is 3.00 bits per heavy atom. The summed E-state index contributed by atoms with van der Waals surface area (Å²) in [5.74, 6) is 0.200. The highest BCUT2D eigenvalue weighted by Crippen LogP contribution is 2.21. The Morgan fingerprint density at radius 1 is 1.47 bits per heavy atom. The van der Waals surface area contributed by atoms with Crippen LogP contribution in [0.25, 0.3) is 0 Å². The summed E-state index contributed by atoms with van der Waals surface area (Å²) in [6.45, 7) is 2.21. The van der Waals surface area contributed by atoms with E-state index in [1.54, 1.807) is 13.2 Å². The van der Waals surface area contributed by atoms with Crippen LogP contribution in [0, 0.1) is 6.92 Å². The molecular formula is C13H13BrN2O3. The van der Waals surface area contributed by atoms with Crippen molar-refractivity contribution in [1.82, 2.24) is 5.16 Å². The average molecular weight is 325 g/mol. The van der Waals surface area contributed by atoms with Gasteiger partial charge in [-0.15, -0.1) is 0 Å². The fourth-order valence-corrected chi connectivity index (χ4v) is 1.91. The zero-order chi connectivity index (χ0) is 13.8. The normalized spacial score (nSPS) is 10.5. The highest BCUT2D eigenvalue weighted by molar-refractivity contribution is 9.10. The van der Waals surface area contributed by atoms with Crippen LogP contribution in [-0.2, 0) is 11.3 Å². The van der Waals surface area contributed by atoms with Gasteiger partial charge in [-0.3, -0.25) is 4.79 Å². The maximum Gasteiger partial charge on any atom is 0.277 e. The third-order valence-corrected chi connectivity index (χ3v) is 3.02. The second kappa shape index (κ2) is 5.99. The van der Waals surface area contributed by atoms with E-state index in [4.69, 9.17) is 9.26 Å². The summed E-state index contributed by atoms with van der Waals surface area (Å²) in [5, 5.41) is 6.49. The molecule has 6 heteroatoms. The molecule has 0 radical (unpaired) electrons. The maximum atomic E-state index is 12.0. The number of benzene rings is 1. The minimum Gasteiger partial charge on any atom is -0.377 e. The first-order valence-electron chi connectivity index (χ1n) is 5.62. The number of aryl methyl sites for hydroxylation is 1. The third-order valence-electron chi connectivity index (χ3n) is 2.53. The summed E-state index contributed by atoms with van der Waals surface area (Å²) in [6, 6.07) is 7.23. The van der Waals surface area contributed by atoms with Crippen molar-refractivity contribution in [2.24, 2.45) is 0 Å². The number of ether oxygens (including phenoxy) is 1. The number of amides is 1. The summed E-state index contributed by atoms with van der Waals surface area (Å²) in [7, 11) is 1.55. The van der Waals surface area contributed by atoms with Crippen LogP contribution in [0.5, 0.6) is 0 Å². The number of carbonyl (C=O) groups excluding carboxylic acids is 1. The van der Waals surface area contributed by atoms with E-state index in [-0.39, 0.29) is 18.2 Å². The van der Waals surface area contributed by atoms with Crippen molar-refractivity contribution in [1.29, 1.82) is 0 Å². The minimum absolute atomic E-state index is 0.228. The van der Waals surface area contributed by atoms with Crippen molar-refractivity contribution in [2.45, 2.75) is 13.5 Å². The van der Waals surface area contributed by atoms with Crippen LogP contribution >= 0.6 is 15.9 Å². The minimum atomic E-state index is -0.313. The van der Waals surface area contributed by atoms with Gasteiger partial charge in [0.05, 0.1) is 0 Å². The number of nitrogens with zero attached hydrogens (tertiary/aromatic N) is 1. The Kier molecular flexibility index (Phi) is 4.34. The van der Waals surface area contributed by atoms with Gasteiger partial charge in [-0.1, -0.05) is 27.2 Å². The second-order valence-electron chi connectivity index (χ2n) is 4.02. The lowest BCUT2D eigenvalue weighted by Gasteiger charge is -2.06. The lowest BCUT2D eigenvalue weighted by molar-refractivity contribution is 0.101. The Hall–Kier alpha value is -1.66. The Morgan fingerprint density at radius 2 is 2.26 bits per heavy atom. The summed E-state index contributed by atoms with van der Waals surface area (Å²) in [5.41, 5.74) is 1.93. The first-order valence-corrected chi connectivity index (χ1v) is 6.41. The highest BCUT2D eigenvalue weighted by Gasteiger charge is 2.13. The molecule has 1 aromatic carbocycles. The third kappa shape index (κ3) is 3.42. The summed E-state index contributed by atoms with van der Waals surface area (Å²) in [4.78, 5) is 12.0. The van der Waals surface area contributed by atoms with Gasteiger partial charge >= 0.3 is 0 Å². The molecule has 2 rings (SSSR count). The quantitative estimate of drug-likeness (QED) is 0.938. The van der Waals surface area contributed by atoms with Gasteiger partial charge in [-0.05, 0) is 24.6 Å². The molecule has 0 saturated carbocycles. The predicted molar refractivity (Wildman–Crippen MR) is 74.0 cm³/mol.